The summed E-state index contributed by atoms with van der Waals surface area (Å²) < 4.78 is 5.75. The molecule has 3 nitrogen and oxygen atoms in total. The summed E-state index contributed by atoms with van der Waals surface area (Å²) in [5.74, 6) is 1.75. The lowest BCUT2D eigenvalue weighted by Crippen LogP contribution is -2.23. The van der Waals surface area contributed by atoms with Crippen LogP contribution in [0.15, 0.2) is 24.7 Å². The Morgan fingerprint density at radius 3 is 1.30 bits per heavy atom. The van der Waals surface area contributed by atoms with Crippen molar-refractivity contribution in [3.05, 3.63) is 24.7 Å². The highest BCUT2D eigenvalue weighted by atomic mass is 16.5. The Kier molecular flexibility index (Phi) is 14.3. The molecular weight excluding hydrogens is 284 g/mol. The van der Waals surface area contributed by atoms with Crippen molar-refractivity contribution in [2.75, 3.05) is 39.3 Å². The minimum Gasteiger partial charge on any atom is -0.467 e. The summed E-state index contributed by atoms with van der Waals surface area (Å²) in [6.07, 6.45) is 6.59. The van der Waals surface area contributed by atoms with E-state index in [1.165, 1.54) is 25.9 Å². The van der Waals surface area contributed by atoms with Gasteiger partial charge in [-0.15, -0.1) is 0 Å². The Bertz CT molecular complexity index is 277. The predicted molar refractivity (Wildman–Crippen MR) is 103 cm³/mol. The monoisotopic (exact) mass is 324 g/mol. The highest BCUT2D eigenvalue weighted by Crippen LogP contribution is 2.15. The van der Waals surface area contributed by atoms with Gasteiger partial charge in [-0.05, 0) is 65.0 Å². The molecule has 0 saturated heterocycles. The molecule has 0 heterocycles. The molecule has 0 rings (SSSR count). The van der Waals surface area contributed by atoms with E-state index in [1.807, 2.05) is 0 Å². The smallest absolute Gasteiger partial charge is 0.0964 e. The van der Waals surface area contributed by atoms with E-state index < -0.39 is 0 Å². The Morgan fingerprint density at radius 1 is 0.652 bits per heavy atom. The van der Waals surface area contributed by atoms with Gasteiger partial charge in [0.1, 0.15) is 0 Å². The minimum absolute atomic E-state index is 0.873. The third-order valence-corrected chi connectivity index (χ3v) is 4.44. The molecule has 0 aliphatic rings. The first-order chi connectivity index (χ1) is 11.1. The van der Waals surface area contributed by atoms with Gasteiger partial charge in [0, 0.05) is 12.8 Å². The van der Waals surface area contributed by atoms with Crippen LogP contribution in [-0.2, 0) is 4.74 Å². The van der Waals surface area contributed by atoms with Gasteiger partial charge in [-0.2, -0.15) is 0 Å². The van der Waals surface area contributed by atoms with Gasteiger partial charge < -0.3 is 14.5 Å². The van der Waals surface area contributed by atoms with Crippen molar-refractivity contribution in [1.29, 1.82) is 0 Å². The van der Waals surface area contributed by atoms with Gasteiger partial charge in [0.2, 0.25) is 0 Å². The normalized spacial score (nSPS) is 11.2. The maximum Gasteiger partial charge on any atom is 0.0964 e. The molecule has 136 valence electrons. The Balaban J connectivity index is 3.64. The molecule has 0 radical (unpaired) electrons. The average Bonchev–Trinajstić information content (AvgIpc) is 2.55. The third-order valence-electron chi connectivity index (χ3n) is 4.44. The molecular formula is C20H40N2O. The van der Waals surface area contributed by atoms with Crippen LogP contribution in [0.1, 0.15) is 66.2 Å². The molecule has 0 aliphatic heterocycles. The van der Waals surface area contributed by atoms with E-state index in [4.69, 9.17) is 4.74 Å². The fraction of sp³-hybridized carbons (Fsp3) is 0.800. The van der Waals surface area contributed by atoms with Crippen molar-refractivity contribution in [1.82, 2.24) is 9.80 Å². The van der Waals surface area contributed by atoms with Gasteiger partial charge >= 0.3 is 0 Å². The van der Waals surface area contributed by atoms with E-state index in [-0.39, 0.29) is 0 Å². The number of nitrogens with zero attached hydrogens (tertiary/aromatic N) is 2. The lowest BCUT2D eigenvalue weighted by atomic mass is 10.2. The molecule has 0 spiro atoms. The van der Waals surface area contributed by atoms with Crippen LogP contribution < -0.4 is 0 Å². The predicted octanol–water partition coefficient (Wildman–Crippen LogP) is 5.05. The van der Waals surface area contributed by atoms with E-state index in [0.29, 0.717) is 0 Å². The molecule has 0 saturated carbocycles. The van der Waals surface area contributed by atoms with Crippen molar-refractivity contribution < 1.29 is 4.74 Å². The van der Waals surface area contributed by atoms with Gasteiger partial charge in [0.05, 0.1) is 11.5 Å². The first-order valence-corrected chi connectivity index (χ1v) is 9.55. The van der Waals surface area contributed by atoms with Gasteiger partial charge in [0.25, 0.3) is 0 Å². The van der Waals surface area contributed by atoms with Crippen molar-refractivity contribution in [2.24, 2.45) is 0 Å². The highest BCUT2D eigenvalue weighted by molar-refractivity contribution is 4.93. The summed E-state index contributed by atoms with van der Waals surface area (Å²) in [5.41, 5.74) is 0. The van der Waals surface area contributed by atoms with Crippen molar-refractivity contribution in [3.63, 3.8) is 0 Å². The molecule has 0 amide bonds. The molecule has 0 fully saturated rings. The largest absolute Gasteiger partial charge is 0.467 e. The zero-order valence-electron chi connectivity index (χ0n) is 16.2. The van der Waals surface area contributed by atoms with Crippen LogP contribution in [0.2, 0.25) is 0 Å². The molecule has 0 aliphatic carbocycles. The Labute approximate surface area is 145 Å². The molecule has 0 aromatic carbocycles. The van der Waals surface area contributed by atoms with Crippen molar-refractivity contribution >= 4 is 0 Å². The topological polar surface area (TPSA) is 15.7 Å². The summed E-state index contributed by atoms with van der Waals surface area (Å²) >= 11 is 0. The van der Waals surface area contributed by atoms with Crippen LogP contribution in [0.5, 0.6) is 0 Å². The van der Waals surface area contributed by atoms with E-state index >= 15 is 0 Å². The van der Waals surface area contributed by atoms with Crippen LogP contribution in [-0.4, -0.2) is 49.1 Å². The van der Waals surface area contributed by atoms with E-state index in [0.717, 1.165) is 63.4 Å². The zero-order chi connectivity index (χ0) is 17.5. The lowest BCUT2D eigenvalue weighted by molar-refractivity contribution is 0.260. The second-order valence-corrected chi connectivity index (χ2v) is 6.15. The third kappa shape index (κ3) is 12.3. The van der Waals surface area contributed by atoms with Gasteiger partial charge in [0.15, 0.2) is 0 Å². The summed E-state index contributed by atoms with van der Waals surface area (Å²) in [4.78, 5) is 4.91. The van der Waals surface area contributed by atoms with Crippen LogP contribution >= 0.6 is 0 Å². The molecule has 0 unspecified atom stereocenters. The van der Waals surface area contributed by atoms with Crippen LogP contribution in [0.4, 0.5) is 0 Å². The Hall–Kier alpha value is -0.800. The summed E-state index contributed by atoms with van der Waals surface area (Å²) in [6, 6.07) is 0. The van der Waals surface area contributed by atoms with Crippen molar-refractivity contribution in [3.8, 4) is 0 Å². The van der Waals surface area contributed by atoms with Crippen molar-refractivity contribution in [2.45, 2.75) is 66.2 Å². The number of ether oxygens (including phenoxy) is 1. The van der Waals surface area contributed by atoms with E-state index in [9.17, 15) is 0 Å². The standard InChI is InChI=1S/C20H40N2O/c1-7-21(8-2)17-13-11-15-19(5)23-20(6)16-12-14-18-22(9-3)10-4/h5-18H2,1-4H3. The summed E-state index contributed by atoms with van der Waals surface area (Å²) in [6.45, 7) is 23.8. The first-order valence-electron chi connectivity index (χ1n) is 9.55. The molecule has 3 heteroatoms. The zero-order valence-corrected chi connectivity index (χ0v) is 16.2. The minimum atomic E-state index is 0.873. The highest BCUT2D eigenvalue weighted by Gasteiger charge is 2.03. The number of unbranched alkanes of at least 4 members (excludes halogenated alkanes) is 2. The number of rotatable bonds is 16. The Morgan fingerprint density at radius 2 is 1.00 bits per heavy atom. The van der Waals surface area contributed by atoms with Gasteiger partial charge in [-0.1, -0.05) is 40.9 Å². The lowest BCUT2D eigenvalue weighted by Gasteiger charge is -2.18. The molecule has 0 aromatic heterocycles. The number of allylic oxidation sites excluding steroid dienone is 2. The number of hydrogen-bond donors (Lipinski definition) is 0. The maximum atomic E-state index is 5.75. The molecule has 0 atom stereocenters. The van der Waals surface area contributed by atoms with E-state index in [1.54, 1.807) is 0 Å². The van der Waals surface area contributed by atoms with E-state index in [2.05, 4.69) is 50.7 Å². The summed E-state index contributed by atoms with van der Waals surface area (Å²) in [5, 5.41) is 0. The fourth-order valence-electron chi connectivity index (χ4n) is 2.70. The second-order valence-electron chi connectivity index (χ2n) is 6.15. The molecule has 0 aromatic rings. The second kappa shape index (κ2) is 14.8. The molecule has 23 heavy (non-hydrogen) atoms. The van der Waals surface area contributed by atoms with Crippen LogP contribution in [0.25, 0.3) is 0 Å². The summed E-state index contributed by atoms with van der Waals surface area (Å²) in [7, 11) is 0. The average molecular weight is 325 g/mol. The first kappa shape index (κ1) is 22.2. The van der Waals surface area contributed by atoms with Gasteiger partial charge in [-0.25, -0.2) is 0 Å². The SMILES string of the molecule is C=C(CCCCN(CC)CC)OC(=C)CCCCN(CC)CC. The maximum absolute atomic E-state index is 5.75. The molecule has 0 bridgehead atoms. The number of hydrogen-bond acceptors (Lipinski definition) is 3. The van der Waals surface area contributed by atoms with Crippen LogP contribution in [0.3, 0.4) is 0 Å². The quantitative estimate of drug-likeness (QED) is 0.292. The molecule has 0 N–H and O–H groups in total. The van der Waals surface area contributed by atoms with Gasteiger partial charge in [-0.3, -0.25) is 0 Å². The fourth-order valence-corrected chi connectivity index (χ4v) is 2.70. The van der Waals surface area contributed by atoms with Crippen LogP contribution in [0, 0.1) is 0 Å².